The second kappa shape index (κ2) is 5.86. The van der Waals surface area contributed by atoms with E-state index in [0.29, 0.717) is 5.41 Å². The summed E-state index contributed by atoms with van der Waals surface area (Å²) in [6.45, 7) is 10.1. The van der Waals surface area contributed by atoms with Crippen LogP contribution in [0.15, 0.2) is 0 Å². The Balaban J connectivity index is 2.09. The van der Waals surface area contributed by atoms with E-state index in [4.69, 9.17) is 5.73 Å². The molecule has 3 N–H and O–H groups in total. The summed E-state index contributed by atoms with van der Waals surface area (Å²) >= 11 is 0. The van der Waals surface area contributed by atoms with Crippen LogP contribution in [-0.2, 0) is 0 Å². The third-order valence-corrected chi connectivity index (χ3v) is 3.39. The maximum atomic E-state index is 5.69. The fraction of sp³-hybridized carbons (Fsp3) is 1.00. The highest BCUT2D eigenvalue weighted by atomic mass is 14.9. The van der Waals surface area contributed by atoms with Gasteiger partial charge in [0.05, 0.1) is 0 Å². The molecule has 1 fully saturated rings. The van der Waals surface area contributed by atoms with E-state index in [2.05, 4.69) is 26.1 Å². The van der Waals surface area contributed by atoms with E-state index in [0.717, 1.165) is 24.9 Å². The van der Waals surface area contributed by atoms with Crippen LogP contribution in [0.5, 0.6) is 0 Å². The van der Waals surface area contributed by atoms with Crippen LogP contribution in [0.4, 0.5) is 0 Å². The fourth-order valence-electron chi connectivity index (χ4n) is 2.32. The average Bonchev–Trinajstić information content (AvgIpc) is 2.17. The van der Waals surface area contributed by atoms with Gasteiger partial charge in [0.2, 0.25) is 0 Å². The first-order valence-electron chi connectivity index (χ1n) is 6.42. The van der Waals surface area contributed by atoms with E-state index >= 15 is 0 Å². The summed E-state index contributed by atoms with van der Waals surface area (Å²) in [5, 5.41) is 3.60. The normalized spacial score (nSPS) is 28.0. The van der Waals surface area contributed by atoms with E-state index in [1.165, 1.54) is 32.2 Å². The summed E-state index contributed by atoms with van der Waals surface area (Å²) in [7, 11) is 0. The molecule has 15 heavy (non-hydrogen) atoms. The van der Waals surface area contributed by atoms with Crippen molar-refractivity contribution in [1.29, 1.82) is 0 Å². The molecule has 0 aromatic rings. The lowest BCUT2D eigenvalue weighted by molar-refractivity contribution is 0.261. The molecule has 0 unspecified atom stereocenters. The summed E-state index contributed by atoms with van der Waals surface area (Å²) in [6, 6.07) is 0. The van der Waals surface area contributed by atoms with E-state index in [9.17, 15) is 0 Å². The molecule has 0 radical (unpaired) electrons. The minimum Gasteiger partial charge on any atom is -0.330 e. The lowest BCUT2D eigenvalue weighted by Gasteiger charge is -2.29. The van der Waals surface area contributed by atoms with Crippen molar-refractivity contribution in [2.45, 2.75) is 46.5 Å². The topological polar surface area (TPSA) is 38.0 Å². The van der Waals surface area contributed by atoms with Gasteiger partial charge in [0.15, 0.2) is 0 Å². The van der Waals surface area contributed by atoms with Crippen molar-refractivity contribution < 1.29 is 0 Å². The first kappa shape index (κ1) is 13.0. The van der Waals surface area contributed by atoms with Crippen LogP contribution in [0.3, 0.4) is 0 Å². The molecule has 0 aromatic heterocycles. The Bertz CT molecular complexity index is 164. The molecule has 0 atom stereocenters. The first-order valence-corrected chi connectivity index (χ1v) is 6.42. The number of nitrogens with two attached hydrogens (primary N) is 1. The van der Waals surface area contributed by atoms with E-state index in [-0.39, 0.29) is 0 Å². The van der Waals surface area contributed by atoms with Crippen LogP contribution in [0, 0.1) is 17.3 Å². The molecule has 1 aliphatic carbocycles. The Kier molecular flexibility index (Phi) is 5.07. The molecular formula is C13H28N2. The largest absolute Gasteiger partial charge is 0.330 e. The standard InChI is InChI=1S/C13H28N2/c1-13(2,3)10-15-9-12-6-4-11(8-14)5-7-12/h11-12,15H,4-10,14H2,1-3H3. The number of hydrogen-bond acceptors (Lipinski definition) is 2. The third kappa shape index (κ3) is 5.53. The van der Waals surface area contributed by atoms with E-state index in [1.54, 1.807) is 0 Å². The zero-order valence-electron chi connectivity index (χ0n) is 10.7. The Morgan fingerprint density at radius 2 is 1.60 bits per heavy atom. The highest BCUT2D eigenvalue weighted by Gasteiger charge is 2.20. The van der Waals surface area contributed by atoms with Crippen LogP contribution >= 0.6 is 0 Å². The Morgan fingerprint density at radius 3 is 2.07 bits per heavy atom. The Morgan fingerprint density at radius 1 is 1.07 bits per heavy atom. The predicted molar refractivity (Wildman–Crippen MR) is 66.8 cm³/mol. The van der Waals surface area contributed by atoms with Crippen molar-refractivity contribution >= 4 is 0 Å². The molecule has 0 bridgehead atoms. The summed E-state index contributed by atoms with van der Waals surface area (Å²) in [5.74, 6) is 1.71. The summed E-state index contributed by atoms with van der Waals surface area (Å²) < 4.78 is 0. The van der Waals surface area contributed by atoms with Gasteiger partial charge in [0.1, 0.15) is 0 Å². The first-order chi connectivity index (χ1) is 7.01. The van der Waals surface area contributed by atoms with Crippen molar-refractivity contribution in [3.05, 3.63) is 0 Å². The molecule has 0 aromatic carbocycles. The zero-order valence-corrected chi connectivity index (χ0v) is 10.7. The molecule has 0 saturated heterocycles. The van der Waals surface area contributed by atoms with Crippen molar-refractivity contribution in [3.8, 4) is 0 Å². The van der Waals surface area contributed by atoms with Gasteiger partial charge in [0.25, 0.3) is 0 Å². The van der Waals surface area contributed by atoms with Crippen molar-refractivity contribution in [3.63, 3.8) is 0 Å². The van der Waals surface area contributed by atoms with Crippen LogP contribution in [0.25, 0.3) is 0 Å². The highest BCUT2D eigenvalue weighted by Crippen LogP contribution is 2.27. The van der Waals surface area contributed by atoms with Crippen LogP contribution in [-0.4, -0.2) is 19.6 Å². The van der Waals surface area contributed by atoms with E-state index < -0.39 is 0 Å². The lowest BCUT2D eigenvalue weighted by atomic mass is 9.82. The molecule has 2 nitrogen and oxygen atoms in total. The monoisotopic (exact) mass is 212 g/mol. The number of nitrogens with one attached hydrogen (secondary N) is 1. The fourth-order valence-corrected chi connectivity index (χ4v) is 2.32. The maximum absolute atomic E-state index is 5.69. The smallest absolute Gasteiger partial charge is 0.000000945 e. The molecule has 1 saturated carbocycles. The van der Waals surface area contributed by atoms with Gasteiger partial charge in [-0.15, -0.1) is 0 Å². The van der Waals surface area contributed by atoms with Gasteiger partial charge >= 0.3 is 0 Å². The minimum absolute atomic E-state index is 0.411. The number of rotatable bonds is 4. The quantitative estimate of drug-likeness (QED) is 0.751. The molecular weight excluding hydrogens is 184 g/mol. The molecule has 0 spiro atoms. The van der Waals surface area contributed by atoms with Gasteiger partial charge < -0.3 is 11.1 Å². The molecule has 0 aliphatic heterocycles. The summed E-state index contributed by atoms with van der Waals surface area (Å²) in [6.07, 6.45) is 5.44. The molecule has 0 amide bonds. The van der Waals surface area contributed by atoms with Crippen LogP contribution in [0.2, 0.25) is 0 Å². The van der Waals surface area contributed by atoms with Crippen molar-refractivity contribution in [1.82, 2.24) is 5.32 Å². The third-order valence-electron chi connectivity index (χ3n) is 3.39. The second-order valence-corrected chi connectivity index (χ2v) is 6.31. The maximum Gasteiger partial charge on any atom is -0.000000945 e. The van der Waals surface area contributed by atoms with Gasteiger partial charge in [-0.3, -0.25) is 0 Å². The van der Waals surface area contributed by atoms with E-state index in [1.807, 2.05) is 0 Å². The van der Waals surface area contributed by atoms with Gasteiger partial charge in [-0.05, 0) is 62.6 Å². The van der Waals surface area contributed by atoms with Crippen LogP contribution in [0.1, 0.15) is 46.5 Å². The molecule has 2 heteroatoms. The molecule has 1 aliphatic rings. The van der Waals surface area contributed by atoms with Gasteiger partial charge in [-0.25, -0.2) is 0 Å². The average molecular weight is 212 g/mol. The SMILES string of the molecule is CC(C)(C)CNCC1CCC(CN)CC1. The minimum atomic E-state index is 0.411. The summed E-state index contributed by atoms with van der Waals surface area (Å²) in [4.78, 5) is 0. The van der Waals surface area contributed by atoms with Gasteiger partial charge in [0, 0.05) is 0 Å². The predicted octanol–water partition coefficient (Wildman–Crippen LogP) is 2.39. The van der Waals surface area contributed by atoms with Gasteiger partial charge in [-0.2, -0.15) is 0 Å². The molecule has 0 heterocycles. The lowest BCUT2D eigenvalue weighted by Crippen LogP contribution is -2.33. The zero-order chi connectivity index (χ0) is 11.3. The van der Waals surface area contributed by atoms with Crippen LogP contribution < -0.4 is 11.1 Å². The highest BCUT2D eigenvalue weighted by molar-refractivity contribution is 4.75. The van der Waals surface area contributed by atoms with Crippen molar-refractivity contribution in [2.24, 2.45) is 23.0 Å². The van der Waals surface area contributed by atoms with Crippen molar-refractivity contribution in [2.75, 3.05) is 19.6 Å². The number of hydrogen-bond donors (Lipinski definition) is 2. The Hall–Kier alpha value is -0.0800. The Labute approximate surface area is 95.0 Å². The molecule has 90 valence electrons. The summed E-state index contributed by atoms with van der Waals surface area (Å²) in [5.41, 5.74) is 6.10. The second-order valence-electron chi connectivity index (χ2n) is 6.31. The van der Waals surface area contributed by atoms with Gasteiger partial charge in [-0.1, -0.05) is 20.8 Å². The molecule has 1 rings (SSSR count).